The van der Waals surface area contributed by atoms with Crippen LogP contribution in [0.15, 0.2) is 24.6 Å². The summed E-state index contributed by atoms with van der Waals surface area (Å²) >= 11 is 0. The van der Waals surface area contributed by atoms with Crippen molar-refractivity contribution in [1.29, 1.82) is 0 Å². The van der Waals surface area contributed by atoms with Crippen molar-refractivity contribution in [2.45, 2.75) is 53.4 Å². The van der Waals surface area contributed by atoms with E-state index in [4.69, 9.17) is 4.94 Å². The minimum absolute atomic E-state index is 0.874. The van der Waals surface area contributed by atoms with Crippen molar-refractivity contribution in [3.05, 3.63) is 24.6 Å². The van der Waals surface area contributed by atoms with Crippen LogP contribution >= 0.6 is 0 Å². The molecule has 0 aromatic rings. The van der Waals surface area contributed by atoms with Crippen molar-refractivity contribution in [1.82, 2.24) is 11.0 Å². The van der Waals surface area contributed by atoms with E-state index < -0.39 is 0 Å². The molecule has 0 rings (SSSR count). The molecule has 0 bridgehead atoms. The minimum atomic E-state index is 0.874. The van der Waals surface area contributed by atoms with Gasteiger partial charge >= 0.3 is 0 Å². The Morgan fingerprint density at radius 1 is 0.933 bits per heavy atom. The largest absolute Gasteiger partial charge is 0.247 e. The molecule has 0 atom stereocenters. The van der Waals surface area contributed by atoms with Crippen molar-refractivity contribution in [3.63, 3.8) is 0 Å². The first-order chi connectivity index (χ1) is 7.20. The second kappa shape index (κ2) is 13.0. The van der Waals surface area contributed by atoms with E-state index in [-0.39, 0.29) is 0 Å². The highest BCUT2D eigenvalue weighted by Gasteiger charge is 1.93. The zero-order chi connectivity index (χ0) is 12.1. The lowest BCUT2D eigenvalue weighted by molar-refractivity contribution is -0.00565. The van der Waals surface area contributed by atoms with E-state index in [0.717, 1.165) is 37.1 Å². The Labute approximate surface area is 94.5 Å². The van der Waals surface area contributed by atoms with Gasteiger partial charge in [-0.3, -0.25) is 0 Å². The van der Waals surface area contributed by atoms with Gasteiger partial charge < -0.3 is 0 Å². The molecule has 0 heterocycles. The predicted molar refractivity (Wildman–Crippen MR) is 66.8 cm³/mol. The van der Waals surface area contributed by atoms with Gasteiger partial charge in [0.2, 0.25) is 0 Å². The van der Waals surface area contributed by atoms with Crippen LogP contribution in [0.1, 0.15) is 53.4 Å². The number of hydrogen-bond donors (Lipinski definition) is 2. The van der Waals surface area contributed by atoms with E-state index in [2.05, 4.69) is 38.0 Å². The van der Waals surface area contributed by atoms with E-state index in [1.807, 2.05) is 13.8 Å². The van der Waals surface area contributed by atoms with E-state index >= 15 is 0 Å². The van der Waals surface area contributed by atoms with Crippen LogP contribution in [0.25, 0.3) is 0 Å². The first-order valence-electron chi connectivity index (χ1n) is 5.74. The van der Waals surface area contributed by atoms with Gasteiger partial charge in [0.05, 0.1) is 0 Å². The van der Waals surface area contributed by atoms with Crippen molar-refractivity contribution < 1.29 is 4.94 Å². The summed E-state index contributed by atoms with van der Waals surface area (Å²) in [4.78, 5) is 4.96. The lowest BCUT2D eigenvalue weighted by atomic mass is 10.3. The average molecular weight is 214 g/mol. The Kier molecular flexibility index (Phi) is 14.3. The fraction of sp³-hybridized carbons (Fsp3) is 0.667. The van der Waals surface area contributed by atoms with Gasteiger partial charge in [-0.15, -0.1) is 0 Å². The first kappa shape index (κ1) is 16.5. The van der Waals surface area contributed by atoms with Crippen molar-refractivity contribution in [2.75, 3.05) is 0 Å². The van der Waals surface area contributed by atoms with Crippen LogP contribution in [-0.4, -0.2) is 0 Å². The average Bonchev–Trinajstić information content (AvgIpc) is 2.21. The van der Waals surface area contributed by atoms with Gasteiger partial charge in [-0.05, 0) is 12.8 Å². The number of hydrogen-bond acceptors (Lipinski definition) is 3. The summed E-state index contributed by atoms with van der Waals surface area (Å²) in [6.07, 6.45) is 3.96. The first-order valence-corrected chi connectivity index (χ1v) is 5.74. The third-order valence-electron chi connectivity index (χ3n) is 1.49. The van der Waals surface area contributed by atoms with Gasteiger partial charge in [0.1, 0.15) is 0 Å². The zero-order valence-corrected chi connectivity index (χ0v) is 10.7. The van der Waals surface area contributed by atoms with Gasteiger partial charge in [0.25, 0.3) is 0 Å². The summed E-state index contributed by atoms with van der Waals surface area (Å²) in [6, 6.07) is 0. The van der Waals surface area contributed by atoms with E-state index in [1.54, 1.807) is 0 Å². The summed E-state index contributed by atoms with van der Waals surface area (Å²) in [6.45, 7) is 15.8. The molecule has 0 saturated heterocycles. The topological polar surface area (TPSA) is 33.3 Å². The van der Waals surface area contributed by atoms with E-state index in [9.17, 15) is 0 Å². The molecule has 3 nitrogen and oxygen atoms in total. The van der Waals surface area contributed by atoms with Crippen LogP contribution < -0.4 is 11.0 Å². The molecule has 0 amide bonds. The summed E-state index contributed by atoms with van der Waals surface area (Å²) in [5.74, 6) is 0. The lowest BCUT2D eigenvalue weighted by Crippen LogP contribution is -2.24. The fourth-order valence-corrected chi connectivity index (χ4v) is 0.875. The molecule has 3 heteroatoms. The molecule has 90 valence electrons. The van der Waals surface area contributed by atoms with Crippen molar-refractivity contribution in [2.24, 2.45) is 0 Å². The molecule has 0 spiro atoms. The molecule has 0 aliphatic rings. The molecule has 0 aromatic carbocycles. The van der Waals surface area contributed by atoms with Crippen LogP contribution in [0.5, 0.6) is 0 Å². The number of allylic oxidation sites excluding steroid dienone is 2. The Bertz CT molecular complexity index is 149. The van der Waals surface area contributed by atoms with Crippen molar-refractivity contribution >= 4 is 0 Å². The van der Waals surface area contributed by atoms with Crippen LogP contribution in [0.4, 0.5) is 0 Å². The van der Waals surface area contributed by atoms with Crippen molar-refractivity contribution in [3.8, 4) is 0 Å². The van der Waals surface area contributed by atoms with E-state index in [0.29, 0.717) is 0 Å². The molecule has 0 radical (unpaired) electrons. The fourth-order valence-electron chi connectivity index (χ4n) is 0.875. The zero-order valence-electron chi connectivity index (χ0n) is 10.7. The quantitative estimate of drug-likeness (QED) is 0.605. The maximum Gasteiger partial charge on any atom is 0.0331 e. The third-order valence-corrected chi connectivity index (χ3v) is 1.49. The highest BCUT2D eigenvalue weighted by atomic mass is 16.8. The van der Waals surface area contributed by atoms with Crippen LogP contribution in [0.3, 0.4) is 0 Å². The molecule has 0 aliphatic heterocycles. The lowest BCUT2D eigenvalue weighted by Gasteiger charge is -2.10. The molecular weight excluding hydrogens is 188 g/mol. The molecule has 0 fully saturated rings. The molecular formula is C12H26N2O. The highest BCUT2D eigenvalue weighted by Crippen LogP contribution is 1.98. The SMILES string of the molecule is C=C(CCC)NONC(=C)CCC.CC. The summed E-state index contributed by atoms with van der Waals surface area (Å²) < 4.78 is 0. The number of hydroxylamine groups is 2. The maximum atomic E-state index is 4.96. The normalized spacial score (nSPS) is 8.53. The summed E-state index contributed by atoms with van der Waals surface area (Å²) in [7, 11) is 0. The standard InChI is InChI=1S/C10H20N2O.C2H6/c1-5-7-9(3)11-13-12-10(4)8-6-2;1-2/h11-12H,3-8H2,1-2H3;1-2H3. The van der Waals surface area contributed by atoms with Crippen LogP contribution in [0, 0.1) is 0 Å². The van der Waals surface area contributed by atoms with E-state index in [1.165, 1.54) is 0 Å². The van der Waals surface area contributed by atoms with Gasteiger partial charge in [-0.1, -0.05) is 53.7 Å². The summed E-state index contributed by atoms with van der Waals surface area (Å²) in [5.41, 5.74) is 7.16. The molecule has 0 aromatic heterocycles. The smallest absolute Gasteiger partial charge is 0.0331 e. The Hall–Kier alpha value is -0.960. The Morgan fingerprint density at radius 3 is 1.53 bits per heavy atom. The number of rotatable bonds is 8. The number of nitrogens with one attached hydrogen (secondary N) is 2. The molecule has 15 heavy (non-hydrogen) atoms. The molecule has 0 unspecified atom stereocenters. The van der Waals surface area contributed by atoms with Gasteiger partial charge in [-0.25, -0.2) is 11.0 Å². The van der Waals surface area contributed by atoms with Crippen LogP contribution in [0.2, 0.25) is 0 Å². The minimum Gasteiger partial charge on any atom is -0.247 e. The molecule has 2 N–H and O–H groups in total. The van der Waals surface area contributed by atoms with Gasteiger partial charge in [0.15, 0.2) is 0 Å². The van der Waals surface area contributed by atoms with Gasteiger partial charge in [0, 0.05) is 11.4 Å². The maximum absolute atomic E-state index is 4.96. The Morgan fingerprint density at radius 2 is 1.27 bits per heavy atom. The highest BCUT2D eigenvalue weighted by molar-refractivity contribution is 4.88. The predicted octanol–water partition coefficient (Wildman–Crippen LogP) is 3.67. The Balaban J connectivity index is 0. The second-order valence-electron chi connectivity index (χ2n) is 3.01. The summed E-state index contributed by atoms with van der Waals surface area (Å²) in [5, 5.41) is 0. The monoisotopic (exact) mass is 214 g/mol. The third kappa shape index (κ3) is 13.0. The van der Waals surface area contributed by atoms with Crippen LogP contribution in [-0.2, 0) is 4.94 Å². The van der Waals surface area contributed by atoms with Gasteiger partial charge in [-0.2, -0.15) is 4.94 Å². The second-order valence-corrected chi connectivity index (χ2v) is 3.01. The molecule has 0 saturated carbocycles. The molecule has 0 aliphatic carbocycles.